The number of hydrogen-bond donors (Lipinski definition) is 2. The van der Waals surface area contributed by atoms with Crippen LogP contribution in [0.15, 0.2) is 18.2 Å². The Balaban J connectivity index is 1.35. The van der Waals surface area contributed by atoms with Gasteiger partial charge in [-0.25, -0.2) is 4.39 Å². The molecule has 0 aromatic heterocycles. The third-order valence-corrected chi connectivity index (χ3v) is 6.76. The van der Waals surface area contributed by atoms with Gasteiger partial charge in [-0.1, -0.05) is 13.0 Å². The quantitative estimate of drug-likeness (QED) is 0.761. The highest BCUT2D eigenvalue weighted by molar-refractivity contribution is 5.83. The number of nitrogens with one attached hydrogen (secondary N) is 2. The Morgan fingerprint density at radius 1 is 1.34 bits per heavy atom. The van der Waals surface area contributed by atoms with Gasteiger partial charge in [0.25, 0.3) is 0 Å². The summed E-state index contributed by atoms with van der Waals surface area (Å²) in [6.07, 6.45) is 3.41. The zero-order valence-corrected chi connectivity index (χ0v) is 17.0. The molecule has 2 bridgehead atoms. The number of carbonyl (C=O) groups excluding carboxylic acids is 1. The molecule has 1 aliphatic carbocycles. The molecule has 1 aromatic rings. The van der Waals surface area contributed by atoms with Crippen LogP contribution in [0.25, 0.3) is 0 Å². The second-order valence-electron chi connectivity index (χ2n) is 8.51. The highest BCUT2D eigenvalue weighted by Crippen LogP contribution is 2.35. The SMILES string of the molecule is CCN1CCN(c2ccc(CC(C#N)NC(=O)C3NC4CCC3C4)c(F)c2)CC1. The number of hydrogen-bond acceptors (Lipinski definition) is 5. The molecule has 4 unspecified atom stereocenters. The van der Waals surface area contributed by atoms with Gasteiger partial charge in [0.2, 0.25) is 5.91 Å². The number of rotatable bonds is 6. The summed E-state index contributed by atoms with van der Waals surface area (Å²) in [7, 11) is 0. The fourth-order valence-electron chi connectivity index (χ4n) is 4.98. The number of nitrogens with zero attached hydrogens (tertiary/aromatic N) is 3. The van der Waals surface area contributed by atoms with Crippen molar-refractivity contribution in [1.82, 2.24) is 15.5 Å². The van der Waals surface area contributed by atoms with E-state index in [2.05, 4.69) is 33.4 Å². The number of piperidine rings is 1. The van der Waals surface area contributed by atoms with E-state index in [0.717, 1.165) is 57.7 Å². The molecule has 3 aliphatic rings. The summed E-state index contributed by atoms with van der Waals surface area (Å²) in [5.74, 6) is -0.0777. The lowest BCUT2D eigenvalue weighted by molar-refractivity contribution is -0.124. The van der Waals surface area contributed by atoms with Crippen LogP contribution in [0.5, 0.6) is 0 Å². The molecule has 1 amide bonds. The van der Waals surface area contributed by atoms with E-state index in [1.807, 2.05) is 6.07 Å². The average molecular weight is 400 g/mol. The third kappa shape index (κ3) is 4.39. The molecule has 0 spiro atoms. The van der Waals surface area contributed by atoms with Crippen LogP contribution in [0.3, 0.4) is 0 Å². The lowest BCUT2D eigenvalue weighted by Gasteiger charge is -2.35. The first-order chi connectivity index (χ1) is 14.1. The summed E-state index contributed by atoms with van der Waals surface area (Å²) in [6.45, 7) is 6.95. The lowest BCUT2D eigenvalue weighted by Crippen LogP contribution is -2.50. The minimum atomic E-state index is -0.725. The van der Waals surface area contributed by atoms with Gasteiger partial charge < -0.3 is 20.4 Å². The largest absolute Gasteiger partial charge is 0.369 e. The zero-order valence-electron chi connectivity index (χ0n) is 17.0. The van der Waals surface area contributed by atoms with Crippen LogP contribution < -0.4 is 15.5 Å². The minimum Gasteiger partial charge on any atom is -0.369 e. The maximum Gasteiger partial charge on any atom is 0.238 e. The van der Waals surface area contributed by atoms with Crippen molar-refractivity contribution in [2.24, 2.45) is 5.92 Å². The summed E-state index contributed by atoms with van der Waals surface area (Å²) in [5.41, 5.74) is 1.35. The minimum absolute atomic E-state index is 0.130. The van der Waals surface area contributed by atoms with E-state index in [4.69, 9.17) is 0 Å². The fourth-order valence-corrected chi connectivity index (χ4v) is 4.98. The van der Waals surface area contributed by atoms with Gasteiger partial charge in [-0.05, 0) is 49.4 Å². The number of amides is 1. The molecule has 3 fully saturated rings. The standard InChI is InChI=1S/C22H30FN5O/c1-2-27-7-9-28(10-8-27)19-6-4-15(20(23)13-19)11-18(14-24)26-22(29)21-16-3-5-17(12-16)25-21/h4,6,13,16-18,21,25H,2-3,5,7-12H2,1H3,(H,26,29). The molecule has 2 saturated heterocycles. The first kappa shape index (κ1) is 20.1. The maximum absolute atomic E-state index is 14.7. The highest BCUT2D eigenvalue weighted by Gasteiger charge is 2.43. The Labute approximate surface area is 172 Å². The van der Waals surface area contributed by atoms with Crippen molar-refractivity contribution < 1.29 is 9.18 Å². The van der Waals surface area contributed by atoms with Crippen molar-refractivity contribution in [2.45, 2.75) is 50.7 Å². The number of benzene rings is 1. The van der Waals surface area contributed by atoms with E-state index in [1.54, 1.807) is 12.1 Å². The molecule has 0 radical (unpaired) electrons. The summed E-state index contributed by atoms with van der Waals surface area (Å²) in [5, 5.41) is 15.6. The Morgan fingerprint density at radius 3 is 2.72 bits per heavy atom. The van der Waals surface area contributed by atoms with E-state index < -0.39 is 6.04 Å². The predicted molar refractivity (Wildman–Crippen MR) is 110 cm³/mol. The van der Waals surface area contributed by atoms with Crippen LogP contribution in [0.2, 0.25) is 0 Å². The number of halogens is 1. The van der Waals surface area contributed by atoms with Crippen molar-refractivity contribution in [3.63, 3.8) is 0 Å². The van der Waals surface area contributed by atoms with Gasteiger partial charge in [-0.3, -0.25) is 4.79 Å². The smallest absolute Gasteiger partial charge is 0.238 e. The number of nitriles is 1. The average Bonchev–Trinajstić information content (AvgIpc) is 3.38. The van der Waals surface area contributed by atoms with Gasteiger partial charge in [0.05, 0.1) is 12.1 Å². The van der Waals surface area contributed by atoms with Crippen LogP contribution in [0.4, 0.5) is 10.1 Å². The lowest BCUT2D eigenvalue weighted by atomic mass is 9.98. The van der Waals surface area contributed by atoms with Gasteiger partial charge in [-0.2, -0.15) is 5.26 Å². The van der Waals surface area contributed by atoms with Crippen LogP contribution >= 0.6 is 0 Å². The van der Waals surface area contributed by atoms with Gasteiger partial charge >= 0.3 is 0 Å². The molecule has 4 atom stereocenters. The van der Waals surface area contributed by atoms with E-state index >= 15 is 0 Å². The van der Waals surface area contributed by atoms with Crippen LogP contribution in [-0.4, -0.2) is 61.7 Å². The van der Waals surface area contributed by atoms with Crippen LogP contribution in [0.1, 0.15) is 31.7 Å². The van der Waals surface area contributed by atoms with E-state index in [1.165, 1.54) is 0 Å². The van der Waals surface area contributed by atoms with Crippen molar-refractivity contribution in [1.29, 1.82) is 5.26 Å². The maximum atomic E-state index is 14.7. The molecule has 1 aromatic carbocycles. The molecular weight excluding hydrogens is 369 g/mol. The second kappa shape index (κ2) is 8.68. The Morgan fingerprint density at radius 2 is 2.14 bits per heavy atom. The Bertz CT molecular complexity index is 786. The van der Waals surface area contributed by atoms with Crippen molar-refractivity contribution in [2.75, 3.05) is 37.6 Å². The summed E-state index contributed by atoms with van der Waals surface area (Å²) in [4.78, 5) is 17.1. The van der Waals surface area contributed by atoms with Crippen molar-refractivity contribution in [3.05, 3.63) is 29.6 Å². The van der Waals surface area contributed by atoms with E-state index in [9.17, 15) is 14.4 Å². The van der Waals surface area contributed by atoms with Gasteiger partial charge in [0.1, 0.15) is 11.9 Å². The van der Waals surface area contributed by atoms with Crippen molar-refractivity contribution >= 4 is 11.6 Å². The number of piperazine rings is 1. The number of fused-ring (bicyclic) bond motifs is 2. The number of likely N-dealkylation sites (N-methyl/N-ethyl adjacent to an activating group) is 1. The molecular formula is C22H30FN5O. The molecule has 6 nitrogen and oxygen atoms in total. The molecule has 2 N–H and O–H groups in total. The third-order valence-electron chi connectivity index (χ3n) is 6.76. The van der Waals surface area contributed by atoms with Gasteiger partial charge in [0, 0.05) is 44.3 Å². The molecule has 4 rings (SSSR count). The number of carbonyl (C=O) groups is 1. The highest BCUT2D eigenvalue weighted by atomic mass is 19.1. The molecule has 2 aliphatic heterocycles. The predicted octanol–water partition coefficient (Wildman–Crippen LogP) is 1.66. The summed E-state index contributed by atoms with van der Waals surface area (Å²) >= 11 is 0. The van der Waals surface area contributed by atoms with Crippen LogP contribution in [-0.2, 0) is 11.2 Å². The first-order valence-electron chi connectivity index (χ1n) is 10.8. The molecule has 2 heterocycles. The summed E-state index contributed by atoms with van der Waals surface area (Å²) in [6, 6.07) is 6.86. The molecule has 1 saturated carbocycles. The second-order valence-corrected chi connectivity index (χ2v) is 8.51. The van der Waals surface area contributed by atoms with Crippen LogP contribution in [0, 0.1) is 23.1 Å². The van der Waals surface area contributed by atoms with Gasteiger partial charge in [-0.15, -0.1) is 0 Å². The Kier molecular flexibility index (Phi) is 6.02. The van der Waals surface area contributed by atoms with E-state index in [-0.39, 0.29) is 24.2 Å². The Hall–Kier alpha value is -2.17. The molecule has 156 valence electrons. The monoisotopic (exact) mass is 399 g/mol. The summed E-state index contributed by atoms with van der Waals surface area (Å²) < 4.78 is 14.7. The first-order valence-corrected chi connectivity index (χ1v) is 10.8. The molecule has 29 heavy (non-hydrogen) atoms. The van der Waals surface area contributed by atoms with E-state index in [0.29, 0.717) is 17.5 Å². The molecule has 7 heteroatoms. The number of anilines is 1. The topological polar surface area (TPSA) is 71.4 Å². The van der Waals surface area contributed by atoms with Gasteiger partial charge in [0.15, 0.2) is 0 Å². The fraction of sp³-hybridized carbons (Fsp3) is 0.636. The zero-order chi connectivity index (χ0) is 20.4. The van der Waals surface area contributed by atoms with Crippen molar-refractivity contribution in [3.8, 4) is 6.07 Å². The normalized spacial score (nSPS) is 27.6.